The van der Waals surface area contributed by atoms with Crippen molar-refractivity contribution in [2.45, 2.75) is 83.6 Å². The molecular formula is C29H41NO4. The Balaban J connectivity index is 2.12. The number of hydrogen-bond donors (Lipinski definition) is 3. The minimum atomic E-state index is -1.07. The first-order valence-corrected chi connectivity index (χ1v) is 12.4. The van der Waals surface area contributed by atoms with Crippen LogP contribution in [0.15, 0.2) is 72.9 Å². The van der Waals surface area contributed by atoms with Gasteiger partial charge in [-0.15, -0.1) is 0 Å². The first-order chi connectivity index (χ1) is 16.5. The first kappa shape index (κ1) is 29.0. The van der Waals surface area contributed by atoms with Crippen LogP contribution in [-0.4, -0.2) is 28.1 Å². The second kappa shape index (κ2) is 19.4. The van der Waals surface area contributed by atoms with Crippen molar-refractivity contribution in [1.82, 2.24) is 5.32 Å². The van der Waals surface area contributed by atoms with Crippen molar-refractivity contribution < 1.29 is 19.8 Å². The number of benzene rings is 1. The third kappa shape index (κ3) is 15.7. The first-order valence-electron chi connectivity index (χ1n) is 12.4. The maximum Gasteiger partial charge on any atom is 0.326 e. The fourth-order valence-corrected chi connectivity index (χ4v) is 3.28. The van der Waals surface area contributed by atoms with Crippen molar-refractivity contribution in [2.24, 2.45) is 0 Å². The van der Waals surface area contributed by atoms with Crippen LogP contribution in [0.3, 0.4) is 0 Å². The minimum absolute atomic E-state index is 0.122. The van der Waals surface area contributed by atoms with E-state index in [4.69, 9.17) is 0 Å². The van der Waals surface area contributed by atoms with Crippen LogP contribution in [0.25, 0.3) is 0 Å². The van der Waals surface area contributed by atoms with Crippen LogP contribution >= 0.6 is 0 Å². The second-order valence-corrected chi connectivity index (χ2v) is 8.31. The third-order valence-corrected chi connectivity index (χ3v) is 5.24. The molecule has 0 fully saturated rings. The molecule has 0 aliphatic carbocycles. The number of aromatic hydroxyl groups is 1. The number of unbranched alkanes of at least 4 members (excludes halogenated alkanes) is 4. The van der Waals surface area contributed by atoms with Gasteiger partial charge in [0.1, 0.15) is 11.8 Å². The van der Waals surface area contributed by atoms with Gasteiger partial charge < -0.3 is 15.5 Å². The van der Waals surface area contributed by atoms with Gasteiger partial charge in [-0.25, -0.2) is 4.79 Å². The Bertz CT molecular complexity index is 806. The van der Waals surface area contributed by atoms with E-state index in [1.54, 1.807) is 12.1 Å². The standard InChI is InChI=1S/C29H41NO4/c1-2-3-4-5-6-7-8-9-10-11-12-13-14-15-16-17-18-19-28(32)30-27(29(33)34)24-25-20-22-26(31)23-21-25/h6-7,9-10,12-13,15-16,20-23,27,31H,2-5,8,11,14,17-19,24H2,1H3,(H,30,32)(H,33,34). The Hall–Kier alpha value is -3.08. The zero-order chi connectivity index (χ0) is 24.9. The number of aliphatic carboxylic acids is 1. The molecule has 0 aliphatic rings. The maximum absolute atomic E-state index is 12.1. The zero-order valence-electron chi connectivity index (χ0n) is 20.5. The molecule has 186 valence electrons. The van der Waals surface area contributed by atoms with Crippen molar-refractivity contribution >= 4 is 11.9 Å². The van der Waals surface area contributed by atoms with Crippen LogP contribution in [0.5, 0.6) is 5.75 Å². The smallest absolute Gasteiger partial charge is 0.326 e. The van der Waals surface area contributed by atoms with Gasteiger partial charge in [0, 0.05) is 12.8 Å². The number of rotatable bonds is 18. The summed E-state index contributed by atoms with van der Waals surface area (Å²) >= 11 is 0. The lowest BCUT2D eigenvalue weighted by molar-refractivity contribution is -0.141. The molecule has 0 spiro atoms. The van der Waals surface area contributed by atoms with E-state index < -0.39 is 12.0 Å². The number of carboxylic acids is 1. The quantitative estimate of drug-likeness (QED) is 0.167. The normalized spacial score (nSPS) is 12.9. The summed E-state index contributed by atoms with van der Waals surface area (Å²) in [6, 6.07) is 5.34. The number of phenols is 1. The summed E-state index contributed by atoms with van der Waals surface area (Å²) in [6.07, 6.45) is 27.1. The van der Waals surface area contributed by atoms with Gasteiger partial charge in [-0.1, -0.05) is 80.5 Å². The van der Waals surface area contributed by atoms with E-state index >= 15 is 0 Å². The van der Waals surface area contributed by atoms with E-state index in [9.17, 15) is 19.8 Å². The minimum Gasteiger partial charge on any atom is -0.508 e. The molecule has 0 bridgehead atoms. The summed E-state index contributed by atoms with van der Waals surface area (Å²) in [4.78, 5) is 23.6. The molecule has 1 aromatic carbocycles. The molecular weight excluding hydrogens is 426 g/mol. The van der Waals surface area contributed by atoms with Crippen molar-refractivity contribution in [2.75, 3.05) is 0 Å². The van der Waals surface area contributed by atoms with Gasteiger partial charge in [0.2, 0.25) is 5.91 Å². The molecule has 3 N–H and O–H groups in total. The maximum atomic E-state index is 12.1. The van der Waals surface area contributed by atoms with Crippen LogP contribution < -0.4 is 5.32 Å². The molecule has 0 radical (unpaired) electrons. The molecule has 1 aromatic rings. The summed E-state index contributed by atoms with van der Waals surface area (Å²) in [7, 11) is 0. The molecule has 5 heteroatoms. The highest BCUT2D eigenvalue weighted by Gasteiger charge is 2.20. The van der Waals surface area contributed by atoms with Crippen LogP contribution in [0.1, 0.15) is 76.7 Å². The summed E-state index contributed by atoms with van der Waals surface area (Å²) in [5.41, 5.74) is 0.742. The van der Waals surface area contributed by atoms with E-state index in [-0.39, 0.29) is 24.5 Å². The molecule has 1 amide bonds. The number of nitrogens with one attached hydrogen (secondary N) is 1. The van der Waals surface area contributed by atoms with Gasteiger partial charge in [0.05, 0.1) is 0 Å². The van der Waals surface area contributed by atoms with Crippen LogP contribution in [-0.2, 0) is 16.0 Å². The van der Waals surface area contributed by atoms with Gasteiger partial charge in [0.15, 0.2) is 0 Å². The summed E-state index contributed by atoms with van der Waals surface area (Å²) < 4.78 is 0. The molecule has 1 atom stereocenters. The number of allylic oxidation sites excluding steroid dienone is 8. The van der Waals surface area contributed by atoms with Crippen molar-refractivity contribution in [1.29, 1.82) is 0 Å². The third-order valence-electron chi connectivity index (χ3n) is 5.24. The molecule has 0 saturated carbocycles. The van der Waals surface area contributed by atoms with E-state index in [1.807, 2.05) is 0 Å². The molecule has 5 nitrogen and oxygen atoms in total. The Morgan fingerprint density at radius 1 is 0.824 bits per heavy atom. The molecule has 1 rings (SSSR count). The van der Waals surface area contributed by atoms with Crippen molar-refractivity contribution in [3.05, 3.63) is 78.4 Å². The Morgan fingerprint density at radius 2 is 1.35 bits per heavy atom. The highest BCUT2D eigenvalue weighted by molar-refractivity contribution is 5.83. The molecule has 0 aromatic heterocycles. The fraction of sp³-hybridized carbons (Fsp3) is 0.448. The van der Waals surface area contributed by atoms with Crippen LogP contribution in [0, 0.1) is 0 Å². The highest BCUT2D eigenvalue weighted by Crippen LogP contribution is 2.12. The summed E-state index contributed by atoms with van der Waals surface area (Å²) in [6.45, 7) is 2.22. The number of carboxylic acid groups (broad SMARTS) is 1. The number of hydrogen-bond acceptors (Lipinski definition) is 3. The average molecular weight is 468 g/mol. The second-order valence-electron chi connectivity index (χ2n) is 8.31. The van der Waals surface area contributed by atoms with Gasteiger partial charge in [-0.05, 0) is 62.6 Å². The Kier molecular flexibility index (Phi) is 16.5. The monoisotopic (exact) mass is 467 g/mol. The highest BCUT2D eigenvalue weighted by atomic mass is 16.4. The molecule has 34 heavy (non-hydrogen) atoms. The number of carbonyl (C=O) groups excluding carboxylic acids is 1. The van der Waals surface area contributed by atoms with Gasteiger partial charge in [-0.2, -0.15) is 0 Å². The summed E-state index contributed by atoms with van der Waals surface area (Å²) in [5, 5.41) is 21.3. The number of carbonyl (C=O) groups is 2. The predicted octanol–water partition coefficient (Wildman–Crippen LogP) is 6.65. The lowest BCUT2D eigenvalue weighted by Gasteiger charge is -2.14. The molecule has 0 saturated heterocycles. The summed E-state index contributed by atoms with van der Waals surface area (Å²) in [5.74, 6) is -1.21. The van der Waals surface area contributed by atoms with Crippen LogP contribution in [0.4, 0.5) is 0 Å². The van der Waals surface area contributed by atoms with Gasteiger partial charge in [0.25, 0.3) is 0 Å². The molecule has 1 unspecified atom stereocenters. The topological polar surface area (TPSA) is 86.6 Å². The molecule has 0 aliphatic heterocycles. The lowest BCUT2D eigenvalue weighted by atomic mass is 10.1. The lowest BCUT2D eigenvalue weighted by Crippen LogP contribution is -2.42. The Labute approximate surface area is 205 Å². The predicted molar refractivity (Wildman–Crippen MR) is 140 cm³/mol. The van der Waals surface area contributed by atoms with Gasteiger partial charge in [-0.3, -0.25) is 4.79 Å². The van der Waals surface area contributed by atoms with Gasteiger partial charge >= 0.3 is 5.97 Å². The number of phenolic OH excluding ortho intramolecular Hbond substituents is 1. The average Bonchev–Trinajstić information content (AvgIpc) is 2.82. The van der Waals surface area contributed by atoms with Crippen molar-refractivity contribution in [3.8, 4) is 5.75 Å². The number of amides is 1. The Morgan fingerprint density at radius 3 is 1.88 bits per heavy atom. The van der Waals surface area contributed by atoms with Crippen molar-refractivity contribution in [3.63, 3.8) is 0 Å². The van der Waals surface area contributed by atoms with E-state index in [0.29, 0.717) is 6.42 Å². The van der Waals surface area contributed by atoms with E-state index in [0.717, 1.165) is 31.2 Å². The van der Waals surface area contributed by atoms with Crippen LogP contribution in [0.2, 0.25) is 0 Å². The van der Waals surface area contributed by atoms with E-state index in [2.05, 4.69) is 60.8 Å². The largest absolute Gasteiger partial charge is 0.508 e. The fourth-order valence-electron chi connectivity index (χ4n) is 3.28. The zero-order valence-corrected chi connectivity index (χ0v) is 20.5. The SMILES string of the molecule is CCCCCC=CCC=CCC=CCC=CCCCC(=O)NC(Cc1ccc(O)cc1)C(=O)O. The van der Waals surface area contributed by atoms with E-state index in [1.165, 1.54) is 37.8 Å². The molecule has 0 heterocycles.